The first kappa shape index (κ1) is 16.8. The highest BCUT2D eigenvalue weighted by Crippen LogP contribution is 2.25. The summed E-state index contributed by atoms with van der Waals surface area (Å²) in [5.41, 5.74) is 1.91. The average Bonchev–Trinajstić information content (AvgIpc) is 2.86. The van der Waals surface area contributed by atoms with Crippen molar-refractivity contribution in [2.45, 2.75) is 33.1 Å². The number of aryl methyl sites for hydroxylation is 2. The molecule has 1 atom stereocenters. The van der Waals surface area contributed by atoms with Gasteiger partial charge in [-0.2, -0.15) is 0 Å². The molecule has 6 heteroatoms. The Kier molecular flexibility index (Phi) is 5.08. The molecule has 0 amide bonds. The zero-order chi connectivity index (χ0) is 17.1. The first-order valence-electron chi connectivity index (χ1n) is 7.81. The number of fused-ring (bicyclic) bond motifs is 1. The van der Waals surface area contributed by atoms with Crippen LogP contribution in [0.5, 0.6) is 0 Å². The van der Waals surface area contributed by atoms with Crippen LogP contribution in [-0.2, 0) is 17.9 Å². The minimum atomic E-state index is -0.759. The van der Waals surface area contributed by atoms with E-state index in [0.717, 1.165) is 20.8 Å². The van der Waals surface area contributed by atoms with Crippen molar-refractivity contribution in [3.05, 3.63) is 63.0 Å². The zero-order valence-electron chi connectivity index (χ0n) is 13.7. The maximum atomic E-state index is 12.6. The zero-order valence-corrected chi connectivity index (χ0v) is 14.5. The molecule has 0 aliphatic rings. The first-order chi connectivity index (χ1) is 11.6. The molecule has 0 radical (unpaired) electrons. The second kappa shape index (κ2) is 7.25. The Balaban J connectivity index is 1.65. The minimum Gasteiger partial charge on any atom is -0.389 e. The van der Waals surface area contributed by atoms with Gasteiger partial charge in [-0.25, -0.2) is 4.98 Å². The van der Waals surface area contributed by atoms with Gasteiger partial charge in [0, 0.05) is 4.88 Å². The number of hydrogen-bond acceptors (Lipinski definition) is 5. The number of aliphatic hydroxyl groups excluding tert-OH is 1. The van der Waals surface area contributed by atoms with Gasteiger partial charge < -0.3 is 9.84 Å². The molecular weight excluding hydrogens is 324 g/mol. The summed E-state index contributed by atoms with van der Waals surface area (Å²) in [7, 11) is 0. The number of nitrogens with zero attached hydrogens (tertiary/aromatic N) is 2. The fourth-order valence-electron chi connectivity index (χ4n) is 2.57. The number of rotatable bonds is 6. The fourth-order valence-corrected chi connectivity index (χ4v) is 3.55. The Morgan fingerprint density at radius 2 is 2.04 bits per heavy atom. The summed E-state index contributed by atoms with van der Waals surface area (Å²) in [5, 5.41) is 10.8. The molecule has 0 saturated heterocycles. The van der Waals surface area contributed by atoms with Crippen LogP contribution in [0, 0.1) is 13.8 Å². The molecule has 1 N–H and O–H groups in total. The van der Waals surface area contributed by atoms with Gasteiger partial charge in [0.2, 0.25) is 0 Å². The van der Waals surface area contributed by atoms with Crippen molar-refractivity contribution < 1.29 is 9.84 Å². The Labute approximate surface area is 144 Å². The molecule has 3 rings (SSSR count). The topological polar surface area (TPSA) is 64.3 Å². The Bertz CT molecular complexity index is 886. The maximum absolute atomic E-state index is 12.6. The van der Waals surface area contributed by atoms with Crippen molar-refractivity contribution in [3.8, 4) is 0 Å². The van der Waals surface area contributed by atoms with Crippen LogP contribution in [-0.4, -0.2) is 27.4 Å². The molecule has 0 spiro atoms. The number of aliphatic hydroxyl groups is 1. The lowest BCUT2D eigenvalue weighted by Crippen LogP contribution is -2.29. The Hall–Kier alpha value is -2.02. The van der Waals surface area contributed by atoms with Crippen molar-refractivity contribution in [1.29, 1.82) is 0 Å². The molecule has 2 aromatic heterocycles. The monoisotopic (exact) mass is 344 g/mol. The van der Waals surface area contributed by atoms with Crippen LogP contribution < -0.4 is 5.56 Å². The number of aromatic nitrogens is 2. The molecular formula is C18H20N2O3S. The number of ether oxygens (including phenoxy) is 1. The molecule has 126 valence electrons. The second-order valence-corrected chi connectivity index (χ2v) is 7.02. The molecule has 0 aliphatic heterocycles. The normalized spacial score (nSPS) is 12.6. The van der Waals surface area contributed by atoms with E-state index in [1.54, 1.807) is 0 Å². The summed E-state index contributed by atoms with van der Waals surface area (Å²) in [6.45, 7) is 4.69. The van der Waals surface area contributed by atoms with Crippen molar-refractivity contribution in [1.82, 2.24) is 9.55 Å². The molecule has 3 aromatic rings. The number of benzene rings is 1. The molecule has 5 nitrogen and oxygen atoms in total. The van der Waals surface area contributed by atoms with Crippen LogP contribution in [0.1, 0.15) is 16.0 Å². The van der Waals surface area contributed by atoms with Crippen molar-refractivity contribution in [2.24, 2.45) is 0 Å². The summed E-state index contributed by atoms with van der Waals surface area (Å²) >= 11 is 1.52. The van der Waals surface area contributed by atoms with Gasteiger partial charge in [-0.3, -0.25) is 9.36 Å². The van der Waals surface area contributed by atoms with Gasteiger partial charge in [0.15, 0.2) is 0 Å². The van der Waals surface area contributed by atoms with Crippen molar-refractivity contribution in [2.75, 3.05) is 6.61 Å². The third kappa shape index (κ3) is 3.56. The van der Waals surface area contributed by atoms with Crippen LogP contribution in [0.4, 0.5) is 0 Å². The Morgan fingerprint density at radius 3 is 2.79 bits per heavy atom. The lowest BCUT2D eigenvalue weighted by molar-refractivity contribution is 0.0198. The fraction of sp³-hybridized carbons (Fsp3) is 0.333. The lowest BCUT2D eigenvalue weighted by atomic mass is 10.2. The van der Waals surface area contributed by atoms with Crippen molar-refractivity contribution >= 4 is 21.6 Å². The van der Waals surface area contributed by atoms with E-state index in [4.69, 9.17) is 4.74 Å². The molecule has 0 unspecified atom stereocenters. The van der Waals surface area contributed by atoms with E-state index in [0.29, 0.717) is 12.0 Å². The molecule has 1 aromatic carbocycles. The highest BCUT2D eigenvalue weighted by Gasteiger charge is 2.14. The summed E-state index contributed by atoms with van der Waals surface area (Å²) in [6.07, 6.45) is 0.742. The van der Waals surface area contributed by atoms with Crippen LogP contribution in [0.2, 0.25) is 0 Å². The van der Waals surface area contributed by atoms with Crippen LogP contribution >= 0.6 is 11.3 Å². The molecule has 24 heavy (non-hydrogen) atoms. The van der Waals surface area contributed by atoms with Crippen molar-refractivity contribution in [3.63, 3.8) is 0 Å². The predicted octanol–water partition coefficient (Wildman–Crippen LogP) is 2.65. The van der Waals surface area contributed by atoms with Gasteiger partial charge in [0.25, 0.3) is 5.56 Å². The van der Waals surface area contributed by atoms with Crippen LogP contribution in [0.3, 0.4) is 0 Å². The van der Waals surface area contributed by atoms with Gasteiger partial charge >= 0.3 is 0 Å². The second-order valence-electron chi connectivity index (χ2n) is 5.82. The molecule has 0 saturated carbocycles. The van der Waals surface area contributed by atoms with Crippen LogP contribution in [0.25, 0.3) is 10.2 Å². The summed E-state index contributed by atoms with van der Waals surface area (Å²) in [4.78, 5) is 18.8. The standard InChI is InChI=1S/C18H20N2O3S/c1-12-13(2)24-17-16(12)18(22)20(11-19-17)8-15(21)10-23-9-14-6-4-3-5-7-14/h3-7,11,15,21H,8-10H2,1-2H3/t15-/m1/s1. The van der Waals surface area contributed by atoms with E-state index in [-0.39, 0.29) is 18.7 Å². The predicted molar refractivity (Wildman–Crippen MR) is 95.5 cm³/mol. The number of thiophene rings is 1. The average molecular weight is 344 g/mol. The maximum Gasteiger partial charge on any atom is 0.262 e. The van der Waals surface area contributed by atoms with Gasteiger partial charge in [-0.05, 0) is 25.0 Å². The minimum absolute atomic E-state index is 0.107. The first-order valence-corrected chi connectivity index (χ1v) is 8.62. The largest absolute Gasteiger partial charge is 0.389 e. The number of hydrogen-bond donors (Lipinski definition) is 1. The van der Waals surface area contributed by atoms with E-state index >= 15 is 0 Å². The summed E-state index contributed by atoms with van der Waals surface area (Å²) in [6, 6.07) is 9.77. The van der Waals surface area contributed by atoms with E-state index < -0.39 is 6.10 Å². The van der Waals surface area contributed by atoms with Gasteiger partial charge in [-0.1, -0.05) is 30.3 Å². The molecule has 0 aliphatic carbocycles. The van der Waals surface area contributed by atoms with E-state index in [1.165, 1.54) is 22.2 Å². The van der Waals surface area contributed by atoms with E-state index in [1.807, 2.05) is 44.2 Å². The highest BCUT2D eigenvalue weighted by molar-refractivity contribution is 7.18. The van der Waals surface area contributed by atoms with Gasteiger partial charge in [0.05, 0.1) is 37.6 Å². The highest BCUT2D eigenvalue weighted by atomic mass is 32.1. The molecule has 0 bridgehead atoms. The molecule has 0 fully saturated rings. The Morgan fingerprint density at radius 1 is 1.29 bits per heavy atom. The van der Waals surface area contributed by atoms with Gasteiger partial charge in [-0.15, -0.1) is 11.3 Å². The van der Waals surface area contributed by atoms with Gasteiger partial charge in [0.1, 0.15) is 4.83 Å². The third-order valence-electron chi connectivity index (χ3n) is 3.99. The molecule has 2 heterocycles. The summed E-state index contributed by atoms with van der Waals surface area (Å²) < 4.78 is 6.98. The smallest absolute Gasteiger partial charge is 0.262 e. The lowest BCUT2D eigenvalue weighted by Gasteiger charge is -2.13. The van der Waals surface area contributed by atoms with E-state index in [9.17, 15) is 9.90 Å². The SMILES string of the molecule is Cc1sc2ncn(C[C@@H](O)COCc3ccccc3)c(=O)c2c1C. The van der Waals surface area contributed by atoms with Crippen LogP contribution in [0.15, 0.2) is 41.5 Å². The third-order valence-corrected chi connectivity index (χ3v) is 5.10. The summed E-state index contributed by atoms with van der Waals surface area (Å²) in [5.74, 6) is 0. The van der Waals surface area contributed by atoms with E-state index in [2.05, 4.69) is 4.98 Å². The quantitative estimate of drug-likeness (QED) is 0.747.